The van der Waals surface area contributed by atoms with Gasteiger partial charge in [-0.2, -0.15) is 5.10 Å². The van der Waals surface area contributed by atoms with Crippen molar-refractivity contribution in [1.82, 2.24) is 20.0 Å². The van der Waals surface area contributed by atoms with Crippen molar-refractivity contribution in [3.63, 3.8) is 0 Å². The number of amides is 1. The average molecular weight is 321 g/mol. The van der Waals surface area contributed by atoms with Crippen LogP contribution in [0.2, 0.25) is 0 Å². The topological polar surface area (TPSA) is 72.7 Å². The van der Waals surface area contributed by atoms with Crippen molar-refractivity contribution in [2.75, 3.05) is 5.32 Å². The van der Waals surface area contributed by atoms with E-state index < -0.39 is 0 Å². The monoisotopic (exact) mass is 321 g/mol. The Labute approximate surface area is 129 Å². The van der Waals surface area contributed by atoms with E-state index in [-0.39, 0.29) is 5.91 Å². The van der Waals surface area contributed by atoms with Crippen LogP contribution in [0.25, 0.3) is 10.2 Å². The van der Waals surface area contributed by atoms with Gasteiger partial charge in [0.05, 0.1) is 10.6 Å². The molecule has 0 aromatic carbocycles. The van der Waals surface area contributed by atoms with Crippen molar-refractivity contribution >= 4 is 43.9 Å². The van der Waals surface area contributed by atoms with E-state index in [1.54, 1.807) is 4.68 Å². The lowest BCUT2D eigenvalue weighted by Gasteiger charge is -1.97. The summed E-state index contributed by atoms with van der Waals surface area (Å²) in [4.78, 5) is 13.9. The van der Waals surface area contributed by atoms with E-state index in [4.69, 9.17) is 0 Å². The van der Waals surface area contributed by atoms with E-state index in [2.05, 4.69) is 20.6 Å². The Bertz CT molecular complexity index is 779. The summed E-state index contributed by atoms with van der Waals surface area (Å²) in [5.41, 5.74) is 0.931. The van der Waals surface area contributed by atoms with Crippen LogP contribution < -0.4 is 5.32 Å². The van der Waals surface area contributed by atoms with Crippen molar-refractivity contribution in [2.45, 2.75) is 26.7 Å². The number of rotatable bonds is 3. The normalized spacial score (nSPS) is 11.5. The predicted molar refractivity (Wildman–Crippen MR) is 85.3 cm³/mol. The molecule has 8 heteroatoms. The summed E-state index contributed by atoms with van der Waals surface area (Å²) in [6, 6.07) is 1.88. The number of hydrogen-bond donors (Lipinski definition) is 1. The van der Waals surface area contributed by atoms with E-state index in [1.165, 1.54) is 22.7 Å². The fraction of sp³-hybridized carbons (Fsp3) is 0.385. The quantitative estimate of drug-likeness (QED) is 0.804. The first-order valence-corrected chi connectivity index (χ1v) is 8.17. The molecule has 110 valence electrons. The molecule has 0 bridgehead atoms. The Morgan fingerprint density at radius 3 is 2.71 bits per heavy atom. The molecule has 0 fully saturated rings. The van der Waals surface area contributed by atoms with Gasteiger partial charge >= 0.3 is 0 Å². The summed E-state index contributed by atoms with van der Waals surface area (Å²) in [5.74, 6) is 0.160. The van der Waals surface area contributed by atoms with Gasteiger partial charge in [-0.25, -0.2) is 0 Å². The third-order valence-corrected chi connectivity index (χ3v) is 5.41. The Hall–Kier alpha value is -1.80. The molecule has 3 aromatic heterocycles. The lowest BCUT2D eigenvalue weighted by molar-refractivity contribution is 0.103. The largest absolute Gasteiger partial charge is 0.296 e. The van der Waals surface area contributed by atoms with Crippen LogP contribution in [0.4, 0.5) is 5.13 Å². The van der Waals surface area contributed by atoms with Gasteiger partial charge in [0.1, 0.15) is 9.84 Å². The van der Waals surface area contributed by atoms with Gasteiger partial charge in [0.15, 0.2) is 0 Å². The van der Waals surface area contributed by atoms with Crippen LogP contribution in [0.5, 0.6) is 0 Å². The number of thiophene rings is 1. The lowest BCUT2D eigenvalue weighted by atomic mass is 10.2. The first-order valence-electron chi connectivity index (χ1n) is 6.53. The molecule has 6 nitrogen and oxygen atoms in total. The number of aromatic nitrogens is 4. The Morgan fingerprint density at radius 1 is 1.33 bits per heavy atom. The summed E-state index contributed by atoms with van der Waals surface area (Å²) in [6.45, 7) is 6.04. The van der Waals surface area contributed by atoms with Crippen LogP contribution in [0.3, 0.4) is 0 Å². The van der Waals surface area contributed by atoms with Crippen molar-refractivity contribution in [3.8, 4) is 0 Å². The fourth-order valence-corrected chi connectivity index (χ4v) is 3.75. The highest BCUT2D eigenvalue weighted by Gasteiger charge is 2.17. The van der Waals surface area contributed by atoms with E-state index in [1.807, 2.05) is 33.9 Å². The molecule has 0 unspecified atom stereocenters. The first-order chi connectivity index (χ1) is 9.95. The van der Waals surface area contributed by atoms with E-state index in [0.717, 1.165) is 20.9 Å². The van der Waals surface area contributed by atoms with Crippen LogP contribution in [0.1, 0.15) is 40.1 Å². The van der Waals surface area contributed by atoms with Gasteiger partial charge < -0.3 is 0 Å². The minimum atomic E-state index is -0.151. The molecule has 3 heterocycles. The van der Waals surface area contributed by atoms with Crippen molar-refractivity contribution in [1.29, 1.82) is 0 Å². The van der Waals surface area contributed by atoms with Crippen LogP contribution >= 0.6 is 22.7 Å². The molecule has 3 aromatic rings. The van der Waals surface area contributed by atoms with E-state index >= 15 is 0 Å². The van der Waals surface area contributed by atoms with E-state index in [9.17, 15) is 4.79 Å². The maximum atomic E-state index is 12.3. The zero-order valence-corrected chi connectivity index (χ0v) is 13.8. The number of nitrogens with zero attached hydrogens (tertiary/aromatic N) is 4. The standard InChI is InChI=1S/C13H15N5OS2/c1-6(2)11-15-16-13(21-11)14-10(19)9-5-8-7(3)17-18(4)12(8)20-9/h5-6H,1-4H3,(H,14,16,19). The molecule has 0 saturated heterocycles. The van der Waals surface area contributed by atoms with E-state index in [0.29, 0.717) is 15.9 Å². The molecule has 0 saturated carbocycles. The molecule has 0 aliphatic carbocycles. The Kier molecular flexibility index (Phi) is 3.50. The molecule has 0 aliphatic rings. The number of nitrogens with one attached hydrogen (secondary N) is 1. The molecular weight excluding hydrogens is 306 g/mol. The second-order valence-electron chi connectivity index (χ2n) is 5.09. The molecule has 0 aliphatic heterocycles. The Morgan fingerprint density at radius 2 is 2.10 bits per heavy atom. The predicted octanol–water partition coefficient (Wildman–Crippen LogP) is 3.17. The highest BCUT2D eigenvalue weighted by Crippen LogP contribution is 2.29. The second-order valence-corrected chi connectivity index (χ2v) is 7.13. The fourth-order valence-electron chi connectivity index (χ4n) is 1.99. The Balaban J connectivity index is 1.84. The second kappa shape index (κ2) is 5.19. The summed E-state index contributed by atoms with van der Waals surface area (Å²) < 4.78 is 1.80. The van der Waals surface area contributed by atoms with Crippen LogP contribution in [-0.2, 0) is 7.05 Å². The number of anilines is 1. The number of hydrogen-bond acceptors (Lipinski definition) is 6. The molecule has 1 amide bonds. The van der Waals surface area contributed by atoms with Gasteiger partial charge in [-0.05, 0) is 13.0 Å². The van der Waals surface area contributed by atoms with Crippen molar-refractivity contribution in [2.24, 2.45) is 7.05 Å². The SMILES string of the molecule is Cc1nn(C)c2sc(C(=O)Nc3nnc(C(C)C)s3)cc12. The first kappa shape index (κ1) is 14.2. The minimum Gasteiger partial charge on any atom is -0.296 e. The van der Waals surface area contributed by atoms with Gasteiger partial charge in [-0.3, -0.25) is 14.8 Å². The van der Waals surface area contributed by atoms with Crippen LogP contribution in [0.15, 0.2) is 6.07 Å². The number of carbonyl (C=O) groups is 1. The van der Waals surface area contributed by atoms with Gasteiger partial charge in [-0.1, -0.05) is 25.2 Å². The summed E-state index contributed by atoms with van der Waals surface area (Å²) in [6.07, 6.45) is 0. The zero-order chi connectivity index (χ0) is 15.1. The maximum Gasteiger partial charge on any atom is 0.267 e. The third-order valence-electron chi connectivity index (χ3n) is 3.07. The average Bonchev–Trinajstić information content (AvgIpc) is 3.08. The third kappa shape index (κ3) is 2.56. The molecule has 0 radical (unpaired) electrons. The van der Waals surface area contributed by atoms with Crippen molar-refractivity contribution in [3.05, 3.63) is 21.6 Å². The number of carbonyl (C=O) groups excluding carboxylic acids is 1. The molecule has 1 N–H and O–H groups in total. The zero-order valence-electron chi connectivity index (χ0n) is 12.2. The summed E-state index contributed by atoms with van der Waals surface area (Å²) >= 11 is 2.84. The van der Waals surface area contributed by atoms with Gasteiger partial charge in [0.25, 0.3) is 5.91 Å². The van der Waals surface area contributed by atoms with Gasteiger partial charge in [-0.15, -0.1) is 21.5 Å². The highest BCUT2D eigenvalue weighted by atomic mass is 32.1. The van der Waals surface area contributed by atoms with Gasteiger partial charge in [0, 0.05) is 18.4 Å². The molecule has 0 atom stereocenters. The summed E-state index contributed by atoms with van der Waals surface area (Å²) in [7, 11) is 1.88. The van der Waals surface area contributed by atoms with Crippen LogP contribution in [0, 0.1) is 6.92 Å². The number of fused-ring (bicyclic) bond motifs is 1. The summed E-state index contributed by atoms with van der Waals surface area (Å²) in [5, 5.41) is 17.7. The number of aryl methyl sites for hydroxylation is 2. The van der Waals surface area contributed by atoms with Crippen molar-refractivity contribution < 1.29 is 4.79 Å². The van der Waals surface area contributed by atoms with Crippen LogP contribution in [-0.4, -0.2) is 25.9 Å². The molecule has 3 rings (SSSR count). The molecule has 21 heavy (non-hydrogen) atoms. The smallest absolute Gasteiger partial charge is 0.267 e. The highest BCUT2D eigenvalue weighted by molar-refractivity contribution is 7.20. The maximum absolute atomic E-state index is 12.3. The minimum absolute atomic E-state index is 0.151. The van der Waals surface area contributed by atoms with Gasteiger partial charge in [0.2, 0.25) is 5.13 Å². The lowest BCUT2D eigenvalue weighted by Crippen LogP contribution is -2.09. The molecular formula is C13H15N5OS2. The molecule has 0 spiro atoms.